The fourth-order valence-electron chi connectivity index (χ4n) is 7.45. The summed E-state index contributed by atoms with van der Waals surface area (Å²) in [5.41, 5.74) is 4.68. The predicted molar refractivity (Wildman–Crippen MR) is 248 cm³/mol. The molecule has 0 aliphatic carbocycles. The van der Waals surface area contributed by atoms with Gasteiger partial charge in [-0.05, 0) is 33.4 Å². The van der Waals surface area contributed by atoms with E-state index >= 15 is 0 Å². The van der Waals surface area contributed by atoms with Crippen molar-refractivity contribution in [3.63, 3.8) is 0 Å². The molecule has 6 aromatic rings. The van der Waals surface area contributed by atoms with Crippen molar-refractivity contribution in [3.05, 3.63) is 202 Å². The molecule has 0 radical (unpaired) electrons. The second kappa shape index (κ2) is 19.0. The Hall–Kier alpha value is -6.21. The molecule has 61 heavy (non-hydrogen) atoms. The number of thiazole rings is 1. The molecule has 3 heterocycles. The molecule has 2 atom stereocenters. The average molecular weight is 956 g/mol. The molecular formula is C48H38IN5O5S2. The van der Waals surface area contributed by atoms with E-state index in [1.54, 1.807) is 5.38 Å². The fourth-order valence-corrected chi connectivity index (χ4v) is 10.5. The first kappa shape index (κ1) is 41.5. The third kappa shape index (κ3) is 8.56. The predicted octanol–water partition coefficient (Wildman–Crippen LogP) is 8.32. The van der Waals surface area contributed by atoms with Gasteiger partial charge in [0.05, 0.1) is 0 Å². The number of nitrogens with zero attached hydrogens (tertiary/aromatic N) is 3. The van der Waals surface area contributed by atoms with Crippen molar-refractivity contribution in [1.82, 2.24) is 15.2 Å². The molecule has 2 amide bonds. The van der Waals surface area contributed by atoms with Gasteiger partial charge in [-0.1, -0.05) is 185 Å². The van der Waals surface area contributed by atoms with Crippen LogP contribution in [0.4, 0.5) is 5.13 Å². The third-order valence-electron chi connectivity index (χ3n) is 10.3. The number of terminal acetylenes is 1. The van der Waals surface area contributed by atoms with E-state index in [9.17, 15) is 14.4 Å². The van der Waals surface area contributed by atoms with Crippen LogP contribution in [-0.2, 0) is 29.5 Å². The van der Waals surface area contributed by atoms with Gasteiger partial charge in [0, 0.05) is 15.6 Å². The van der Waals surface area contributed by atoms with Crippen molar-refractivity contribution in [1.29, 1.82) is 0 Å². The number of hydrogen-bond acceptors (Lipinski definition) is 10. The molecule has 2 aliphatic heterocycles. The van der Waals surface area contributed by atoms with Gasteiger partial charge < -0.3 is 20.2 Å². The van der Waals surface area contributed by atoms with Crippen LogP contribution >= 0.6 is 45.7 Å². The maximum atomic E-state index is 14.2. The Morgan fingerprint density at radius 2 is 1.38 bits per heavy atom. The molecule has 0 spiro atoms. The minimum atomic E-state index is -0.967. The molecule has 0 bridgehead atoms. The van der Waals surface area contributed by atoms with E-state index in [0.717, 1.165) is 33.4 Å². The highest BCUT2D eigenvalue weighted by molar-refractivity contribution is 14.1. The number of esters is 1. The van der Waals surface area contributed by atoms with Crippen LogP contribution in [0.2, 0.25) is 0 Å². The Balaban J connectivity index is 1.05. The molecule has 5 aromatic carbocycles. The lowest BCUT2D eigenvalue weighted by Gasteiger charge is -2.49. The molecule has 10 nitrogen and oxygen atoms in total. The minimum Gasteiger partial charge on any atom is -0.448 e. The zero-order chi connectivity index (χ0) is 42.2. The highest BCUT2D eigenvalue weighted by Crippen LogP contribution is 2.43. The Labute approximate surface area is 375 Å². The van der Waals surface area contributed by atoms with Gasteiger partial charge in [-0.3, -0.25) is 14.5 Å². The standard InChI is InChI=1S/C48H38IN5O5S2/c1-2-28-58-53-39(38-31-61-47(50-38)52-48(35-22-12-5-13-23-35,36-24-14-6-15-25-36)37-26-16-7-17-27-37)43(55)51-40-44(56)54-41(34(29-49)30-60-45(40)54)46(57)59-42(32-18-8-3-9-19-32)33-20-10-4-11-21-33/h1,3-27,31,40,42,45H,28-30H2,(H,50,52)(H,51,55)/b53-39+/t40?,45-/m1/s1. The number of anilines is 1. The second-order valence-electron chi connectivity index (χ2n) is 14.0. The summed E-state index contributed by atoms with van der Waals surface area (Å²) in [5, 5.41) is 12.4. The molecule has 2 aliphatic rings. The van der Waals surface area contributed by atoms with Crippen LogP contribution in [0.25, 0.3) is 0 Å². The van der Waals surface area contributed by atoms with Crippen molar-refractivity contribution in [2.45, 2.75) is 23.1 Å². The van der Waals surface area contributed by atoms with Crippen molar-refractivity contribution >= 4 is 74.3 Å². The lowest BCUT2D eigenvalue weighted by atomic mass is 9.77. The summed E-state index contributed by atoms with van der Waals surface area (Å²) < 4.78 is 6.74. The number of carbonyl (C=O) groups excluding carboxylic acids is 3. The highest BCUT2D eigenvalue weighted by Gasteiger charge is 2.55. The van der Waals surface area contributed by atoms with Crippen LogP contribution in [0.15, 0.2) is 173 Å². The number of fused-ring (bicyclic) bond motifs is 1. The van der Waals surface area contributed by atoms with Gasteiger partial charge in [0.15, 0.2) is 23.6 Å². The molecule has 1 aromatic heterocycles. The number of carbonyl (C=O) groups is 3. The number of halogens is 1. The van der Waals surface area contributed by atoms with Gasteiger partial charge in [-0.15, -0.1) is 29.5 Å². The summed E-state index contributed by atoms with van der Waals surface area (Å²) in [7, 11) is 0. The van der Waals surface area contributed by atoms with Gasteiger partial charge in [0.25, 0.3) is 11.8 Å². The Morgan fingerprint density at radius 3 is 1.89 bits per heavy atom. The minimum absolute atomic E-state index is 0.159. The van der Waals surface area contributed by atoms with E-state index < -0.39 is 40.8 Å². The molecule has 8 rings (SSSR count). The zero-order valence-corrected chi connectivity index (χ0v) is 36.3. The number of nitrogens with one attached hydrogen (secondary N) is 2. The van der Waals surface area contributed by atoms with E-state index in [2.05, 4.69) is 80.7 Å². The van der Waals surface area contributed by atoms with Crippen LogP contribution in [0.1, 0.15) is 39.6 Å². The summed E-state index contributed by atoms with van der Waals surface area (Å²) in [5.74, 6) is 1.09. The third-order valence-corrected chi connectivity index (χ3v) is 13.3. The second-order valence-corrected chi connectivity index (χ2v) is 16.7. The summed E-state index contributed by atoms with van der Waals surface area (Å²) in [6.07, 6.45) is 4.77. The van der Waals surface area contributed by atoms with E-state index in [-0.39, 0.29) is 23.7 Å². The zero-order valence-electron chi connectivity index (χ0n) is 32.5. The van der Waals surface area contributed by atoms with E-state index in [0.29, 0.717) is 15.3 Å². The molecule has 13 heteroatoms. The van der Waals surface area contributed by atoms with Crippen LogP contribution in [-0.4, -0.2) is 61.6 Å². The first-order valence-corrected chi connectivity index (χ1v) is 22.8. The number of aromatic nitrogens is 1. The van der Waals surface area contributed by atoms with Crippen LogP contribution in [0, 0.1) is 12.3 Å². The molecule has 2 N–H and O–H groups in total. The Morgan fingerprint density at radius 1 is 0.852 bits per heavy atom. The lowest BCUT2D eigenvalue weighted by Crippen LogP contribution is -2.71. The number of β-lactam (4-membered cyclic amide) rings is 1. The monoisotopic (exact) mass is 955 g/mol. The molecular weight excluding hydrogens is 918 g/mol. The number of rotatable bonds is 15. The summed E-state index contributed by atoms with van der Waals surface area (Å²) in [6.45, 7) is -0.192. The Bertz CT molecular complexity index is 2470. The van der Waals surface area contributed by atoms with Gasteiger partial charge >= 0.3 is 5.97 Å². The molecule has 304 valence electrons. The number of hydrogen-bond donors (Lipinski definition) is 2. The quantitative estimate of drug-likeness (QED) is 0.0121. The van der Waals surface area contributed by atoms with E-state index in [4.69, 9.17) is 21.0 Å². The van der Waals surface area contributed by atoms with Crippen LogP contribution < -0.4 is 10.6 Å². The average Bonchev–Trinajstić information content (AvgIpc) is 3.79. The molecule has 0 saturated carbocycles. The topological polar surface area (TPSA) is 122 Å². The normalized spacial score (nSPS) is 16.2. The number of oxime groups is 1. The maximum absolute atomic E-state index is 14.2. The van der Waals surface area contributed by atoms with Crippen LogP contribution in [0.3, 0.4) is 0 Å². The number of thioether (sulfide) groups is 1. The number of ether oxygens (including phenoxy) is 1. The maximum Gasteiger partial charge on any atom is 0.356 e. The largest absolute Gasteiger partial charge is 0.448 e. The Kier molecular flexibility index (Phi) is 12.9. The highest BCUT2D eigenvalue weighted by atomic mass is 127. The molecule has 1 unspecified atom stereocenters. The molecule has 1 fully saturated rings. The van der Waals surface area contributed by atoms with E-state index in [1.807, 2.05) is 115 Å². The van der Waals surface area contributed by atoms with Crippen molar-refractivity contribution < 1.29 is 24.0 Å². The van der Waals surface area contributed by atoms with Gasteiger partial charge in [-0.2, -0.15) is 0 Å². The molecule has 1 saturated heterocycles. The van der Waals surface area contributed by atoms with Crippen molar-refractivity contribution in [3.8, 4) is 12.3 Å². The first-order chi connectivity index (χ1) is 29.9. The van der Waals surface area contributed by atoms with Crippen molar-refractivity contribution in [2.24, 2.45) is 5.16 Å². The fraction of sp³-hybridized carbons (Fsp3) is 0.146. The first-order valence-electron chi connectivity index (χ1n) is 19.3. The van der Waals surface area contributed by atoms with Crippen LogP contribution in [0.5, 0.6) is 0 Å². The summed E-state index contributed by atoms with van der Waals surface area (Å²) >= 11 is 4.95. The SMILES string of the molecule is C#CCO/N=C(/C(=O)NC1C(=O)N2C(C(=O)OC(c3ccccc3)c3ccccc3)=C(CI)CS[C@H]12)c1csc(NC(c2ccccc2)(c2ccccc2)c2ccccc2)n1. The van der Waals surface area contributed by atoms with Gasteiger partial charge in [0.1, 0.15) is 28.3 Å². The number of alkyl halides is 1. The summed E-state index contributed by atoms with van der Waals surface area (Å²) in [4.78, 5) is 54.1. The lowest BCUT2D eigenvalue weighted by molar-refractivity contribution is -0.154. The number of benzene rings is 5. The van der Waals surface area contributed by atoms with E-state index in [1.165, 1.54) is 28.0 Å². The smallest absolute Gasteiger partial charge is 0.356 e. The number of amides is 2. The van der Waals surface area contributed by atoms with Gasteiger partial charge in [-0.25, -0.2) is 9.78 Å². The summed E-state index contributed by atoms with van der Waals surface area (Å²) in [6, 6.07) is 48.2. The van der Waals surface area contributed by atoms with Gasteiger partial charge in [0.2, 0.25) is 0 Å². The van der Waals surface area contributed by atoms with Crippen molar-refractivity contribution in [2.75, 3.05) is 22.1 Å².